The molecule has 0 saturated heterocycles. The molecule has 2 aromatic carbocycles. The van der Waals surface area contributed by atoms with Crippen molar-refractivity contribution < 1.29 is 9.47 Å². The lowest BCUT2D eigenvalue weighted by Gasteiger charge is -2.29. The van der Waals surface area contributed by atoms with E-state index in [4.69, 9.17) is 9.47 Å². The Morgan fingerprint density at radius 3 is 2.57 bits per heavy atom. The quantitative estimate of drug-likeness (QED) is 0.807. The molecule has 0 atom stereocenters. The second kappa shape index (κ2) is 5.28. The maximum Gasteiger partial charge on any atom is 0.134 e. The van der Waals surface area contributed by atoms with Crippen molar-refractivity contribution in [2.45, 2.75) is 33.0 Å². The number of fused-ring (bicyclic) bond motifs is 1. The van der Waals surface area contributed by atoms with Crippen molar-refractivity contribution in [1.29, 1.82) is 0 Å². The minimum atomic E-state index is -0.268. The first-order chi connectivity index (χ1) is 10.1. The molecule has 1 aliphatic rings. The van der Waals surface area contributed by atoms with Crippen LogP contribution in [0.5, 0.6) is 11.5 Å². The predicted molar refractivity (Wildman–Crippen MR) is 85.7 cm³/mol. The summed E-state index contributed by atoms with van der Waals surface area (Å²) in [5, 5.41) is 0. The third-order valence-corrected chi connectivity index (χ3v) is 3.65. The molecule has 0 aliphatic carbocycles. The number of hydrogen-bond donors (Lipinski definition) is 0. The molecule has 2 nitrogen and oxygen atoms in total. The van der Waals surface area contributed by atoms with Gasteiger partial charge in [-0.05, 0) is 44.5 Å². The average molecular weight is 280 g/mol. The summed E-state index contributed by atoms with van der Waals surface area (Å²) < 4.78 is 12.0. The van der Waals surface area contributed by atoms with Crippen LogP contribution in [0, 0.1) is 6.92 Å². The maximum absolute atomic E-state index is 6.08. The molecule has 0 radical (unpaired) electrons. The summed E-state index contributed by atoms with van der Waals surface area (Å²) in [5.41, 5.74) is 3.06. The smallest absolute Gasteiger partial charge is 0.134 e. The third-order valence-electron chi connectivity index (χ3n) is 3.65. The SMILES string of the molecule is Cc1c(OCc2ccccc2)ccc2c1OC(C)(C)C=C2. The van der Waals surface area contributed by atoms with Gasteiger partial charge < -0.3 is 9.47 Å². The highest BCUT2D eigenvalue weighted by atomic mass is 16.5. The van der Waals surface area contributed by atoms with Crippen LogP contribution in [0.25, 0.3) is 6.08 Å². The highest BCUT2D eigenvalue weighted by Gasteiger charge is 2.24. The fourth-order valence-corrected chi connectivity index (χ4v) is 2.44. The van der Waals surface area contributed by atoms with Gasteiger partial charge in [0.25, 0.3) is 0 Å². The van der Waals surface area contributed by atoms with Gasteiger partial charge in [-0.3, -0.25) is 0 Å². The second-order valence-electron chi connectivity index (χ2n) is 5.92. The number of ether oxygens (including phenoxy) is 2. The van der Waals surface area contributed by atoms with E-state index in [1.165, 1.54) is 0 Å². The second-order valence-corrected chi connectivity index (χ2v) is 5.92. The molecule has 0 bridgehead atoms. The summed E-state index contributed by atoms with van der Waals surface area (Å²) in [6, 6.07) is 14.3. The predicted octanol–water partition coefficient (Wildman–Crippen LogP) is 4.76. The lowest BCUT2D eigenvalue weighted by molar-refractivity contribution is 0.156. The molecule has 2 aromatic rings. The van der Waals surface area contributed by atoms with Gasteiger partial charge in [0.1, 0.15) is 23.7 Å². The monoisotopic (exact) mass is 280 g/mol. The van der Waals surface area contributed by atoms with Crippen LogP contribution in [-0.4, -0.2) is 5.60 Å². The van der Waals surface area contributed by atoms with E-state index in [2.05, 4.69) is 51.1 Å². The zero-order valence-corrected chi connectivity index (χ0v) is 12.7. The standard InChI is InChI=1S/C19H20O2/c1-14-17(20-13-15-7-5-4-6-8-15)10-9-16-11-12-19(2,3)21-18(14)16/h4-12H,13H2,1-3H3. The van der Waals surface area contributed by atoms with E-state index in [-0.39, 0.29) is 5.60 Å². The van der Waals surface area contributed by atoms with Gasteiger partial charge in [0, 0.05) is 11.1 Å². The van der Waals surface area contributed by atoms with Crippen LogP contribution in [0.15, 0.2) is 48.5 Å². The first kappa shape index (κ1) is 13.7. The molecule has 21 heavy (non-hydrogen) atoms. The average Bonchev–Trinajstić information content (AvgIpc) is 2.48. The summed E-state index contributed by atoms with van der Waals surface area (Å²) in [6.07, 6.45) is 4.20. The maximum atomic E-state index is 6.08. The van der Waals surface area contributed by atoms with Crippen molar-refractivity contribution in [3.63, 3.8) is 0 Å². The van der Waals surface area contributed by atoms with Crippen molar-refractivity contribution in [2.24, 2.45) is 0 Å². The van der Waals surface area contributed by atoms with E-state index in [0.717, 1.165) is 28.2 Å². The Morgan fingerprint density at radius 2 is 1.81 bits per heavy atom. The fraction of sp³-hybridized carbons (Fsp3) is 0.263. The van der Waals surface area contributed by atoms with Crippen molar-refractivity contribution in [1.82, 2.24) is 0 Å². The van der Waals surface area contributed by atoms with E-state index >= 15 is 0 Å². The molecule has 0 fully saturated rings. The van der Waals surface area contributed by atoms with Gasteiger partial charge >= 0.3 is 0 Å². The van der Waals surface area contributed by atoms with Crippen molar-refractivity contribution in [3.05, 3.63) is 65.2 Å². The highest BCUT2D eigenvalue weighted by Crippen LogP contribution is 2.38. The van der Waals surface area contributed by atoms with Crippen LogP contribution in [0.4, 0.5) is 0 Å². The van der Waals surface area contributed by atoms with Gasteiger partial charge in [-0.25, -0.2) is 0 Å². The lowest BCUT2D eigenvalue weighted by Crippen LogP contribution is -2.28. The Labute approximate surface area is 126 Å². The van der Waals surface area contributed by atoms with Gasteiger partial charge in [0.15, 0.2) is 0 Å². The van der Waals surface area contributed by atoms with Crippen LogP contribution in [0.3, 0.4) is 0 Å². The Balaban J connectivity index is 1.83. The molecule has 0 aromatic heterocycles. The molecule has 0 amide bonds. The number of rotatable bonds is 3. The van der Waals surface area contributed by atoms with Crippen LogP contribution in [0.2, 0.25) is 0 Å². The zero-order chi connectivity index (χ0) is 14.9. The summed E-state index contributed by atoms with van der Waals surface area (Å²) >= 11 is 0. The van der Waals surface area contributed by atoms with Crippen LogP contribution in [0.1, 0.15) is 30.5 Å². The van der Waals surface area contributed by atoms with Crippen LogP contribution in [-0.2, 0) is 6.61 Å². The summed E-state index contributed by atoms with van der Waals surface area (Å²) in [4.78, 5) is 0. The molecule has 108 valence electrons. The zero-order valence-electron chi connectivity index (χ0n) is 12.7. The van der Waals surface area contributed by atoms with Gasteiger partial charge in [0.05, 0.1) is 0 Å². The van der Waals surface area contributed by atoms with Crippen molar-refractivity contribution >= 4 is 6.08 Å². The molecule has 1 heterocycles. The van der Waals surface area contributed by atoms with Gasteiger partial charge in [0.2, 0.25) is 0 Å². The third kappa shape index (κ3) is 2.94. The molecule has 0 saturated carbocycles. The molecule has 2 heteroatoms. The number of benzene rings is 2. The minimum absolute atomic E-state index is 0.268. The fourth-order valence-electron chi connectivity index (χ4n) is 2.44. The van der Waals surface area contributed by atoms with E-state index < -0.39 is 0 Å². The van der Waals surface area contributed by atoms with Crippen LogP contribution < -0.4 is 9.47 Å². The minimum Gasteiger partial charge on any atom is -0.488 e. The largest absolute Gasteiger partial charge is 0.488 e. The van der Waals surface area contributed by atoms with E-state index in [1.807, 2.05) is 24.3 Å². The van der Waals surface area contributed by atoms with E-state index in [1.54, 1.807) is 0 Å². The Bertz CT molecular complexity index is 669. The summed E-state index contributed by atoms with van der Waals surface area (Å²) in [6.45, 7) is 6.74. The van der Waals surface area contributed by atoms with Gasteiger partial charge in [-0.1, -0.05) is 36.4 Å². The topological polar surface area (TPSA) is 18.5 Å². The molecule has 3 rings (SSSR count). The van der Waals surface area contributed by atoms with Crippen molar-refractivity contribution in [2.75, 3.05) is 0 Å². The Morgan fingerprint density at radius 1 is 1.05 bits per heavy atom. The first-order valence-electron chi connectivity index (χ1n) is 7.24. The van der Waals surface area contributed by atoms with Gasteiger partial charge in [-0.15, -0.1) is 0 Å². The molecular weight excluding hydrogens is 260 g/mol. The Hall–Kier alpha value is -2.22. The number of hydrogen-bond acceptors (Lipinski definition) is 2. The molecule has 0 N–H and O–H groups in total. The lowest BCUT2D eigenvalue weighted by atomic mass is 10.00. The Kier molecular flexibility index (Phi) is 3.46. The molecule has 0 spiro atoms. The van der Waals surface area contributed by atoms with E-state index in [9.17, 15) is 0 Å². The summed E-state index contributed by atoms with van der Waals surface area (Å²) in [7, 11) is 0. The van der Waals surface area contributed by atoms with E-state index in [0.29, 0.717) is 6.61 Å². The molecule has 0 unspecified atom stereocenters. The van der Waals surface area contributed by atoms with Gasteiger partial charge in [-0.2, -0.15) is 0 Å². The highest BCUT2D eigenvalue weighted by molar-refractivity contribution is 5.65. The molecular formula is C19H20O2. The van der Waals surface area contributed by atoms with Crippen molar-refractivity contribution in [3.8, 4) is 11.5 Å². The molecule has 1 aliphatic heterocycles. The van der Waals surface area contributed by atoms with Crippen LogP contribution >= 0.6 is 0 Å². The first-order valence-corrected chi connectivity index (χ1v) is 7.24. The summed E-state index contributed by atoms with van der Waals surface area (Å²) in [5.74, 6) is 1.80. The normalized spacial score (nSPS) is 15.2.